The fraction of sp³-hybridized carbons (Fsp3) is 0.231. The van der Waals surface area contributed by atoms with Crippen molar-refractivity contribution in [1.29, 1.82) is 0 Å². The summed E-state index contributed by atoms with van der Waals surface area (Å²) >= 11 is 0. The molecule has 1 aliphatic rings. The zero-order chi connectivity index (χ0) is 12.5. The lowest BCUT2D eigenvalue weighted by Crippen LogP contribution is -2.24. The van der Waals surface area contributed by atoms with Crippen LogP contribution in [0.15, 0.2) is 30.5 Å². The monoisotopic (exact) mass is 242 g/mol. The van der Waals surface area contributed by atoms with E-state index in [1.165, 1.54) is 5.56 Å². The number of nitrogen functional groups attached to an aromatic ring is 1. The molecular formula is C13H14N4O. The molecule has 0 saturated heterocycles. The van der Waals surface area contributed by atoms with Gasteiger partial charge >= 0.3 is 0 Å². The fourth-order valence-electron chi connectivity index (χ4n) is 2.20. The lowest BCUT2D eigenvalue weighted by Gasteiger charge is -2.10. The number of fused-ring (bicyclic) bond motifs is 1. The predicted octanol–water partition coefficient (Wildman–Crippen LogP) is 0.988. The van der Waals surface area contributed by atoms with Crippen LogP contribution in [0.1, 0.15) is 5.56 Å². The van der Waals surface area contributed by atoms with E-state index in [4.69, 9.17) is 16.2 Å². The average Bonchev–Trinajstić information content (AvgIpc) is 2.81. The largest absolute Gasteiger partial charge is 0.488 e. The smallest absolute Gasteiger partial charge is 0.220 e. The Balaban J connectivity index is 2.08. The van der Waals surface area contributed by atoms with Gasteiger partial charge in [0.2, 0.25) is 5.95 Å². The highest BCUT2D eigenvalue weighted by Crippen LogP contribution is 2.37. The van der Waals surface area contributed by atoms with Gasteiger partial charge in [-0.15, -0.1) is 0 Å². The zero-order valence-electron chi connectivity index (χ0n) is 9.84. The van der Waals surface area contributed by atoms with Gasteiger partial charge in [-0.25, -0.2) is 9.97 Å². The van der Waals surface area contributed by atoms with Gasteiger partial charge in [0.25, 0.3) is 0 Å². The van der Waals surface area contributed by atoms with Gasteiger partial charge in [-0.2, -0.15) is 0 Å². The highest BCUT2D eigenvalue weighted by Gasteiger charge is 2.24. The van der Waals surface area contributed by atoms with Crippen LogP contribution < -0.4 is 16.2 Å². The molecule has 0 spiro atoms. The normalized spacial score (nSPS) is 17.3. The van der Waals surface area contributed by atoms with Crippen LogP contribution in [-0.2, 0) is 6.42 Å². The minimum atomic E-state index is 0.0559. The molecule has 1 aliphatic heterocycles. The van der Waals surface area contributed by atoms with Crippen molar-refractivity contribution in [2.45, 2.75) is 12.5 Å². The van der Waals surface area contributed by atoms with Gasteiger partial charge in [0.05, 0.1) is 5.69 Å². The van der Waals surface area contributed by atoms with Gasteiger partial charge in [-0.1, -0.05) is 12.1 Å². The zero-order valence-corrected chi connectivity index (χ0v) is 9.84. The summed E-state index contributed by atoms with van der Waals surface area (Å²) in [6, 6.07) is 7.85. The van der Waals surface area contributed by atoms with E-state index in [1.54, 1.807) is 6.20 Å². The summed E-state index contributed by atoms with van der Waals surface area (Å²) in [7, 11) is 0. The van der Waals surface area contributed by atoms with E-state index in [2.05, 4.69) is 16.0 Å². The van der Waals surface area contributed by atoms with Crippen molar-refractivity contribution in [2.24, 2.45) is 5.73 Å². The summed E-state index contributed by atoms with van der Waals surface area (Å²) < 4.78 is 5.86. The van der Waals surface area contributed by atoms with Gasteiger partial charge in [0.1, 0.15) is 11.9 Å². The number of hydrogen-bond donors (Lipinski definition) is 2. The number of benzene rings is 1. The van der Waals surface area contributed by atoms with Crippen LogP contribution in [0.3, 0.4) is 0 Å². The first kappa shape index (κ1) is 11.0. The maximum atomic E-state index is 5.86. The third-order valence-electron chi connectivity index (χ3n) is 3.04. The highest BCUT2D eigenvalue weighted by molar-refractivity contribution is 5.70. The second kappa shape index (κ2) is 4.27. The van der Waals surface area contributed by atoms with Crippen molar-refractivity contribution in [3.8, 4) is 17.0 Å². The third kappa shape index (κ3) is 1.78. The first-order chi connectivity index (χ1) is 8.78. The maximum Gasteiger partial charge on any atom is 0.220 e. The Hall–Kier alpha value is -2.14. The van der Waals surface area contributed by atoms with Crippen molar-refractivity contribution >= 4 is 5.95 Å². The van der Waals surface area contributed by atoms with Gasteiger partial charge in [-0.3, -0.25) is 0 Å². The molecule has 5 nitrogen and oxygen atoms in total. The number of nitrogens with two attached hydrogens (primary N) is 2. The Morgan fingerprint density at radius 1 is 1.33 bits per heavy atom. The van der Waals surface area contributed by atoms with E-state index >= 15 is 0 Å². The summed E-state index contributed by atoms with van der Waals surface area (Å²) in [6.45, 7) is 0.514. The molecule has 4 N–H and O–H groups in total. The Morgan fingerprint density at radius 2 is 2.22 bits per heavy atom. The molecule has 1 aromatic carbocycles. The maximum absolute atomic E-state index is 5.86. The van der Waals surface area contributed by atoms with Crippen molar-refractivity contribution < 1.29 is 4.74 Å². The van der Waals surface area contributed by atoms with Crippen LogP contribution in [0.25, 0.3) is 11.3 Å². The molecule has 0 amide bonds. The number of para-hydroxylation sites is 1. The summed E-state index contributed by atoms with van der Waals surface area (Å²) in [5, 5.41) is 0. The van der Waals surface area contributed by atoms with Crippen LogP contribution in [-0.4, -0.2) is 22.6 Å². The molecule has 18 heavy (non-hydrogen) atoms. The lowest BCUT2D eigenvalue weighted by atomic mass is 10.0. The molecule has 92 valence electrons. The van der Waals surface area contributed by atoms with Gasteiger partial charge in [0, 0.05) is 24.7 Å². The second-order valence-corrected chi connectivity index (χ2v) is 4.27. The molecule has 0 aliphatic carbocycles. The number of aromatic nitrogens is 2. The molecule has 3 rings (SSSR count). The van der Waals surface area contributed by atoms with E-state index in [9.17, 15) is 0 Å². The van der Waals surface area contributed by atoms with Crippen molar-refractivity contribution in [3.63, 3.8) is 0 Å². The standard InChI is InChI=1S/C13H14N4O/c14-7-9-6-8-2-1-3-10(12(8)18-9)11-4-5-16-13(15)17-11/h1-5,9H,6-7,14H2,(H2,15,16,17). The van der Waals surface area contributed by atoms with E-state index in [0.29, 0.717) is 6.54 Å². The molecule has 0 fully saturated rings. The molecule has 1 unspecified atom stereocenters. The Bertz CT molecular complexity index is 585. The summed E-state index contributed by atoms with van der Waals surface area (Å²) in [6.07, 6.45) is 2.55. The Morgan fingerprint density at radius 3 is 3.00 bits per heavy atom. The van der Waals surface area contributed by atoms with Crippen LogP contribution in [0.5, 0.6) is 5.75 Å². The number of nitrogens with zero attached hydrogens (tertiary/aromatic N) is 2. The second-order valence-electron chi connectivity index (χ2n) is 4.27. The number of anilines is 1. The van der Waals surface area contributed by atoms with Crippen molar-refractivity contribution in [1.82, 2.24) is 9.97 Å². The van der Waals surface area contributed by atoms with Gasteiger partial charge in [-0.05, 0) is 17.7 Å². The lowest BCUT2D eigenvalue weighted by molar-refractivity contribution is 0.242. The summed E-state index contributed by atoms with van der Waals surface area (Å²) in [5.74, 6) is 1.13. The Labute approximate surface area is 105 Å². The topological polar surface area (TPSA) is 87.0 Å². The Kier molecular flexibility index (Phi) is 2.60. The molecule has 0 radical (unpaired) electrons. The molecule has 0 bridgehead atoms. The van der Waals surface area contributed by atoms with Crippen LogP contribution in [0.4, 0.5) is 5.95 Å². The fourth-order valence-corrected chi connectivity index (χ4v) is 2.20. The van der Waals surface area contributed by atoms with E-state index in [0.717, 1.165) is 23.4 Å². The molecule has 2 heterocycles. The quantitative estimate of drug-likeness (QED) is 0.820. The van der Waals surface area contributed by atoms with Crippen molar-refractivity contribution in [3.05, 3.63) is 36.0 Å². The first-order valence-corrected chi connectivity index (χ1v) is 5.85. The molecule has 5 heteroatoms. The van der Waals surface area contributed by atoms with Gasteiger partial charge < -0.3 is 16.2 Å². The average molecular weight is 242 g/mol. The molecule has 2 aromatic rings. The SMILES string of the molecule is NCC1Cc2cccc(-c3ccnc(N)n3)c2O1. The summed E-state index contributed by atoms with van der Waals surface area (Å²) in [4.78, 5) is 8.12. The molecule has 1 aromatic heterocycles. The molecule has 1 atom stereocenters. The van der Waals surface area contributed by atoms with Gasteiger partial charge in [0.15, 0.2) is 0 Å². The number of ether oxygens (including phenoxy) is 1. The molecule has 0 saturated carbocycles. The van der Waals surface area contributed by atoms with Crippen LogP contribution in [0.2, 0.25) is 0 Å². The number of hydrogen-bond acceptors (Lipinski definition) is 5. The minimum absolute atomic E-state index is 0.0559. The summed E-state index contributed by atoms with van der Waals surface area (Å²) in [5.41, 5.74) is 14.2. The van der Waals surface area contributed by atoms with Crippen LogP contribution >= 0.6 is 0 Å². The predicted molar refractivity (Wildman–Crippen MR) is 69.1 cm³/mol. The van der Waals surface area contributed by atoms with Crippen molar-refractivity contribution in [2.75, 3.05) is 12.3 Å². The van der Waals surface area contributed by atoms with Crippen LogP contribution in [0, 0.1) is 0 Å². The van der Waals surface area contributed by atoms with E-state index in [1.807, 2.05) is 18.2 Å². The van der Waals surface area contributed by atoms with E-state index in [-0.39, 0.29) is 12.1 Å². The van der Waals surface area contributed by atoms with E-state index < -0.39 is 0 Å². The molecular weight excluding hydrogens is 228 g/mol. The third-order valence-corrected chi connectivity index (χ3v) is 3.04. The minimum Gasteiger partial charge on any atom is -0.488 e. The first-order valence-electron chi connectivity index (χ1n) is 5.85. The highest BCUT2D eigenvalue weighted by atomic mass is 16.5. The number of rotatable bonds is 2.